The number of anilines is 1. The summed E-state index contributed by atoms with van der Waals surface area (Å²) in [6.07, 6.45) is 0. The predicted octanol–water partition coefficient (Wildman–Crippen LogP) is 7.17. The fourth-order valence-electron chi connectivity index (χ4n) is 3.09. The normalized spacial score (nSPS) is 12.0. The fraction of sp³-hybridized carbons (Fsp3) is 0.174. The van der Waals surface area contributed by atoms with Crippen molar-refractivity contribution in [2.45, 2.75) is 27.7 Å². The van der Waals surface area contributed by atoms with Crippen molar-refractivity contribution in [3.8, 4) is 0 Å². The maximum absolute atomic E-state index is 14.0. The van der Waals surface area contributed by atoms with E-state index < -0.39 is 34.8 Å². The van der Waals surface area contributed by atoms with Crippen LogP contribution in [0.3, 0.4) is 0 Å². The summed E-state index contributed by atoms with van der Waals surface area (Å²) in [4.78, 5) is 0. The average Bonchev–Trinajstić information content (AvgIpc) is 2.74. The smallest absolute Gasteiger partial charge is 0.201 e. The maximum atomic E-state index is 14.0. The minimum Gasteiger partial charge on any atom is -0.270 e. The molecule has 3 rings (SSSR count). The molecule has 3 aromatic carbocycles. The average molecular weight is 446 g/mol. The number of nitrogens with one attached hydrogen (secondary N) is 1. The minimum atomic E-state index is -2.25. The largest absolute Gasteiger partial charge is 0.270 e. The van der Waals surface area contributed by atoms with Crippen LogP contribution in [0.5, 0.6) is 0 Å². The van der Waals surface area contributed by atoms with E-state index in [1.807, 2.05) is 45.3 Å². The summed E-state index contributed by atoms with van der Waals surface area (Å²) in [7, 11) is 0. The summed E-state index contributed by atoms with van der Waals surface area (Å²) in [5, 5.41) is 12.1. The number of hydrogen-bond acceptors (Lipinski definition) is 3. The van der Waals surface area contributed by atoms with Crippen molar-refractivity contribution < 1.29 is 22.0 Å². The molecule has 0 fully saturated rings. The van der Waals surface area contributed by atoms with E-state index in [0.29, 0.717) is 11.3 Å². The van der Waals surface area contributed by atoms with Crippen LogP contribution in [0.2, 0.25) is 0 Å². The molecule has 32 heavy (non-hydrogen) atoms. The second kappa shape index (κ2) is 9.25. The highest BCUT2D eigenvalue weighted by atomic mass is 19.2. The van der Waals surface area contributed by atoms with E-state index in [-0.39, 0.29) is 5.84 Å². The van der Waals surface area contributed by atoms with Gasteiger partial charge in [0.1, 0.15) is 5.69 Å². The Balaban J connectivity index is 2.07. The summed E-state index contributed by atoms with van der Waals surface area (Å²) in [6, 6.07) is 10.6. The summed E-state index contributed by atoms with van der Waals surface area (Å²) in [5.41, 5.74) is 5.29. The molecule has 0 aromatic heterocycles. The zero-order valence-electron chi connectivity index (χ0n) is 17.7. The van der Waals surface area contributed by atoms with Crippen LogP contribution in [0.15, 0.2) is 51.7 Å². The van der Waals surface area contributed by atoms with Gasteiger partial charge in [-0.05, 0) is 38.8 Å². The van der Waals surface area contributed by atoms with Gasteiger partial charge >= 0.3 is 0 Å². The van der Waals surface area contributed by atoms with E-state index in [1.54, 1.807) is 24.3 Å². The zero-order chi connectivity index (χ0) is 23.6. The Hall–Kier alpha value is -3.62. The highest BCUT2D eigenvalue weighted by Gasteiger charge is 2.25. The van der Waals surface area contributed by atoms with Crippen molar-refractivity contribution in [2.24, 2.45) is 15.3 Å². The van der Waals surface area contributed by atoms with E-state index in [2.05, 4.69) is 15.3 Å². The number of nitrogens with zero attached hydrogens (tertiary/aromatic N) is 3. The van der Waals surface area contributed by atoms with Crippen molar-refractivity contribution >= 4 is 17.2 Å². The Morgan fingerprint density at radius 2 is 1.19 bits per heavy atom. The first kappa shape index (κ1) is 23.1. The van der Waals surface area contributed by atoms with Gasteiger partial charge in [0, 0.05) is 5.56 Å². The Morgan fingerprint density at radius 1 is 0.688 bits per heavy atom. The number of hydrogen-bond donors (Lipinski definition) is 1. The molecule has 9 heteroatoms. The first-order valence-electron chi connectivity index (χ1n) is 9.52. The Kier molecular flexibility index (Phi) is 6.67. The van der Waals surface area contributed by atoms with Gasteiger partial charge in [0.05, 0.1) is 5.69 Å². The summed E-state index contributed by atoms with van der Waals surface area (Å²) < 4.78 is 68.3. The van der Waals surface area contributed by atoms with Crippen LogP contribution in [0, 0.1) is 56.8 Å². The number of aryl methyl sites for hydroxylation is 4. The standard InChI is InChI=1S/C23H19F5N4/c1-11-5-7-15(8-6-11)23(31-29-21-13(3)9-12(2)10-14(21)4)32-30-22-19(27)17(25)16(24)18(26)20(22)28/h5-10,30H,1-4H3/b31-29?,32-23-. The van der Waals surface area contributed by atoms with Crippen molar-refractivity contribution in [2.75, 3.05) is 5.43 Å². The van der Waals surface area contributed by atoms with E-state index in [4.69, 9.17) is 0 Å². The summed E-state index contributed by atoms with van der Waals surface area (Å²) >= 11 is 0. The monoisotopic (exact) mass is 446 g/mol. The highest BCUT2D eigenvalue weighted by molar-refractivity contribution is 5.99. The number of benzene rings is 3. The van der Waals surface area contributed by atoms with Crippen LogP contribution in [0.1, 0.15) is 27.8 Å². The lowest BCUT2D eigenvalue weighted by molar-refractivity contribution is 0.381. The number of rotatable bonds is 4. The molecule has 0 unspecified atom stereocenters. The number of halogens is 5. The third-order valence-electron chi connectivity index (χ3n) is 4.67. The van der Waals surface area contributed by atoms with Gasteiger partial charge in [-0.25, -0.2) is 22.0 Å². The van der Waals surface area contributed by atoms with Crippen LogP contribution < -0.4 is 5.43 Å². The van der Waals surface area contributed by atoms with Crippen LogP contribution in [0.25, 0.3) is 0 Å². The van der Waals surface area contributed by atoms with Crippen molar-refractivity contribution in [3.63, 3.8) is 0 Å². The molecule has 0 atom stereocenters. The summed E-state index contributed by atoms with van der Waals surface area (Å²) in [5.74, 6) is -10.6. The molecule has 166 valence electrons. The Morgan fingerprint density at radius 3 is 1.72 bits per heavy atom. The van der Waals surface area contributed by atoms with Crippen molar-refractivity contribution in [3.05, 3.63) is 93.3 Å². The van der Waals surface area contributed by atoms with Gasteiger partial charge in [-0.1, -0.05) is 47.5 Å². The second-order valence-corrected chi connectivity index (χ2v) is 7.31. The molecule has 1 N–H and O–H groups in total. The van der Waals surface area contributed by atoms with Gasteiger partial charge < -0.3 is 0 Å². The van der Waals surface area contributed by atoms with Gasteiger partial charge in [0.25, 0.3) is 0 Å². The third-order valence-corrected chi connectivity index (χ3v) is 4.67. The molecule has 0 saturated carbocycles. The lowest BCUT2D eigenvalue weighted by Gasteiger charge is -2.09. The van der Waals surface area contributed by atoms with Crippen molar-refractivity contribution in [1.82, 2.24) is 0 Å². The van der Waals surface area contributed by atoms with Gasteiger partial charge in [-0.15, -0.1) is 10.2 Å². The predicted molar refractivity (Wildman–Crippen MR) is 113 cm³/mol. The fourth-order valence-corrected chi connectivity index (χ4v) is 3.09. The molecular formula is C23H19F5N4. The van der Waals surface area contributed by atoms with E-state index in [0.717, 1.165) is 22.3 Å². The number of azo groups is 1. The Bertz CT molecular complexity index is 1180. The molecular weight excluding hydrogens is 427 g/mol. The molecule has 0 aliphatic carbocycles. The molecule has 0 aliphatic heterocycles. The zero-order valence-corrected chi connectivity index (χ0v) is 17.7. The van der Waals surface area contributed by atoms with Gasteiger partial charge in [-0.3, -0.25) is 5.43 Å². The molecule has 4 nitrogen and oxygen atoms in total. The molecule has 0 amide bonds. The molecule has 0 saturated heterocycles. The highest BCUT2D eigenvalue weighted by Crippen LogP contribution is 2.28. The molecule has 0 bridgehead atoms. The van der Waals surface area contributed by atoms with Gasteiger partial charge in [0.2, 0.25) is 11.7 Å². The SMILES string of the molecule is Cc1ccc(/C(N=Nc2c(C)cc(C)cc2C)=N/Nc2c(F)c(F)c(F)c(F)c2F)cc1. The van der Waals surface area contributed by atoms with Crippen LogP contribution in [-0.4, -0.2) is 5.84 Å². The van der Waals surface area contributed by atoms with E-state index in [1.165, 1.54) is 0 Å². The first-order valence-corrected chi connectivity index (χ1v) is 9.52. The summed E-state index contributed by atoms with van der Waals surface area (Å²) in [6.45, 7) is 7.50. The van der Waals surface area contributed by atoms with Gasteiger partial charge in [-0.2, -0.15) is 5.10 Å². The van der Waals surface area contributed by atoms with E-state index >= 15 is 0 Å². The molecule has 0 spiro atoms. The molecule has 0 aliphatic rings. The number of amidine groups is 1. The van der Waals surface area contributed by atoms with Crippen LogP contribution in [-0.2, 0) is 0 Å². The van der Waals surface area contributed by atoms with Crippen molar-refractivity contribution in [1.29, 1.82) is 0 Å². The number of hydrazone groups is 1. The van der Waals surface area contributed by atoms with Gasteiger partial charge in [0.15, 0.2) is 23.3 Å². The molecule has 0 heterocycles. The lowest BCUT2D eigenvalue weighted by atomic mass is 10.1. The van der Waals surface area contributed by atoms with E-state index in [9.17, 15) is 22.0 Å². The first-order chi connectivity index (χ1) is 15.1. The Labute approximate surface area is 181 Å². The third kappa shape index (κ3) is 4.66. The quantitative estimate of drug-likeness (QED) is 0.0863. The molecule has 3 aromatic rings. The molecule has 0 radical (unpaired) electrons. The van der Waals surface area contributed by atoms with Crippen LogP contribution in [0.4, 0.5) is 33.3 Å². The lowest BCUT2D eigenvalue weighted by Crippen LogP contribution is -2.08. The topological polar surface area (TPSA) is 49.1 Å². The maximum Gasteiger partial charge on any atom is 0.201 e. The van der Waals surface area contributed by atoms with Crippen LogP contribution >= 0.6 is 0 Å². The second-order valence-electron chi connectivity index (χ2n) is 7.31. The minimum absolute atomic E-state index is 0.117.